The molecule has 0 aromatic heterocycles. The molecule has 5 heteroatoms. The van der Waals surface area contributed by atoms with Crippen LogP contribution in [0.4, 0.5) is 0 Å². The number of phenolic OH excluding ortho intramolecular Hbond substituents is 1. The highest BCUT2D eigenvalue weighted by molar-refractivity contribution is 5.45. The molecule has 3 rings (SSSR count). The first-order valence-electron chi connectivity index (χ1n) is 6.63. The van der Waals surface area contributed by atoms with Crippen LogP contribution in [-0.2, 0) is 0 Å². The quantitative estimate of drug-likeness (QED) is 0.907. The van der Waals surface area contributed by atoms with E-state index in [-0.39, 0.29) is 12.4 Å². The maximum Gasteiger partial charge on any atom is 0.163 e. The minimum atomic E-state index is -0.519. The number of hydrogen-bond donors (Lipinski definition) is 2. The normalized spacial score (nSPS) is 20.1. The van der Waals surface area contributed by atoms with Gasteiger partial charge < -0.3 is 24.4 Å². The summed E-state index contributed by atoms with van der Waals surface area (Å²) in [6, 6.07) is 12.3. The molecule has 2 atom stereocenters. The molecule has 2 N–H and O–H groups in total. The Hall–Kier alpha value is -2.40. The van der Waals surface area contributed by atoms with Crippen LogP contribution in [0.25, 0.3) is 0 Å². The predicted molar refractivity (Wildman–Crippen MR) is 76.0 cm³/mol. The Balaban J connectivity index is 1.97. The average molecular weight is 288 g/mol. The van der Waals surface area contributed by atoms with Gasteiger partial charge in [-0.25, -0.2) is 0 Å². The lowest BCUT2D eigenvalue weighted by atomic mass is 10.0. The molecule has 0 bridgehead atoms. The molecule has 0 saturated heterocycles. The van der Waals surface area contributed by atoms with Gasteiger partial charge in [0.05, 0.1) is 13.7 Å². The second-order valence-electron chi connectivity index (χ2n) is 4.76. The topological polar surface area (TPSA) is 68.2 Å². The van der Waals surface area contributed by atoms with E-state index in [1.807, 2.05) is 18.2 Å². The smallest absolute Gasteiger partial charge is 0.163 e. The van der Waals surface area contributed by atoms with Crippen LogP contribution in [0.2, 0.25) is 0 Å². The minimum Gasteiger partial charge on any atom is -0.504 e. The van der Waals surface area contributed by atoms with Gasteiger partial charge in [-0.1, -0.05) is 18.2 Å². The summed E-state index contributed by atoms with van der Waals surface area (Å²) in [4.78, 5) is 0. The molecule has 1 aliphatic rings. The molecule has 5 nitrogen and oxygen atoms in total. The van der Waals surface area contributed by atoms with Gasteiger partial charge in [-0.2, -0.15) is 0 Å². The first-order chi connectivity index (χ1) is 10.2. The second-order valence-corrected chi connectivity index (χ2v) is 4.76. The van der Waals surface area contributed by atoms with E-state index in [4.69, 9.17) is 14.2 Å². The Morgan fingerprint density at radius 2 is 1.81 bits per heavy atom. The van der Waals surface area contributed by atoms with E-state index in [1.54, 1.807) is 18.2 Å². The van der Waals surface area contributed by atoms with E-state index < -0.39 is 12.2 Å². The number of fused-ring (bicyclic) bond motifs is 1. The fraction of sp³-hybridized carbons (Fsp3) is 0.250. The van der Waals surface area contributed by atoms with Gasteiger partial charge in [-0.05, 0) is 24.3 Å². The lowest BCUT2D eigenvalue weighted by Gasteiger charge is -2.33. The fourth-order valence-corrected chi connectivity index (χ4v) is 2.37. The number of aliphatic hydroxyl groups is 1. The highest BCUT2D eigenvalue weighted by Gasteiger charge is 2.32. The summed E-state index contributed by atoms with van der Waals surface area (Å²) in [5.74, 6) is 1.64. The number of ether oxygens (including phenoxy) is 3. The molecule has 0 amide bonds. The van der Waals surface area contributed by atoms with Crippen LogP contribution in [0.1, 0.15) is 11.7 Å². The number of aromatic hydroxyl groups is 1. The standard InChI is InChI=1S/C16H16O5/c1-19-14-8-10(6-7-11(14)18)16-15(9-17)20-12-4-2-3-5-13(12)21-16/h2-8,15-18H,9H2,1H3/t15?,16-/m1/s1. The van der Waals surface area contributed by atoms with Crippen LogP contribution in [-0.4, -0.2) is 30.0 Å². The maximum absolute atomic E-state index is 9.67. The molecule has 0 saturated carbocycles. The SMILES string of the molecule is COc1cc([C@H]2Oc3ccccc3OC2CO)ccc1O. The number of hydrogen-bond acceptors (Lipinski definition) is 5. The summed E-state index contributed by atoms with van der Waals surface area (Å²) >= 11 is 0. The molecule has 0 fully saturated rings. The lowest BCUT2D eigenvalue weighted by molar-refractivity contribution is -0.0124. The molecule has 2 aromatic carbocycles. The Kier molecular flexibility index (Phi) is 3.58. The number of aliphatic hydroxyl groups excluding tert-OH is 1. The highest BCUT2D eigenvalue weighted by atomic mass is 16.6. The molecular formula is C16H16O5. The van der Waals surface area contributed by atoms with E-state index in [0.717, 1.165) is 5.56 Å². The zero-order valence-electron chi connectivity index (χ0n) is 11.5. The van der Waals surface area contributed by atoms with Crippen molar-refractivity contribution >= 4 is 0 Å². The minimum absolute atomic E-state index is 0.0546. The van der Waals surface area contributed by atoms with Crippen molar-refractivity contribution in [3.63, 3.8) is 0 Å². The van der Waals surface area contributed by atoms with Crippen molar-refractivity contribution in [3.05, 3.63) is 48.0 Å². The van der Waals surface area contributed by atoms with E-state index in [2.05, 4.69) is 0 Å². The predicted octanol–water partition coefficient (Wildman–Crippen LogP) is 2.27. The van der Waals surface area contributed by atoms with Crippen molar-refractivity contribution in [3.8, 4) is 23.0 Å². The van der Waals surface area contributed by atoms with E-state index in [0.29, 0.717) is 17.2 Å². The number of para-hydroxylation sites is 2. The van der Waals surface area contributed by atoms with Gasteiger partial charge in [0.15, 0.2) is 35.2 Å². The Bertz CT molecular complexity index is 640. The first kappa shape index (κ1) is 13.6. The fourth-order valence-electron chi connectivity index (χ4n) is 2.37. The molecule has 1 aliphatic heterocycles. The molecule has 2 aromatic rings. The van der Waals surface area contributed by atoms with Crippen LogP contribution in [0, 0.1) is 0 Å². The third-order valence-electron chi connectivity index (χ3n) is 3.43. The summed E-state index contributed by atoms with van der Waals surface area (Å²) in [6.07, 6.45) is -0.992. The molecule has 110 valence electrons. The number of phenols is 1. The van der Waals surface area contributed by atoms with Crippen LogP contribution in [0.3, 0.4) is 0 Å². The highest BCUT2D eigenvalue weighted by Crippen LogP contribution is 2.40. The summed E-state index contributed by atoms with van der Waals surface area (Å²) in [5.41, 5.74) is 0.762. The summed E-state index contributed by atoms with van der Waals surface area (Å²) in [7, 11) is 1.48. The van der Waals surface area contributed by atoms with Crippen LogP contribution in [0.15, 0.2) is 42.5 Å². The lowest BCUT2D eigenvalue weighted by Crippen LogP contribution is -2.36. The molecule has 0 radical (unpaired) electrons. The third-order valence-corrected chi connectivity index (χ3v) is 3.43. The van der Waals surface area contributed by atoms with Gasteiger partial charge in [-0.3, -0.25) is 0 Å². The summed E-state index contributed by atoms with van der Waals surface area (Å²) < 4.78 is 16.8. The van der Waals surface area contributed by atoms with Crippen molar-refractivity contribution in [2.75, 3.05) is 13.7 Å². The van der Waals surface area contributed by atoms with E-state index in [1.165, 1.54) is 13.2 Å². The van der Waals surface area contributed by atoms with Gasteiger partial charge in [-0.15, -0.1) is 0 Å². The van der Waals surface area contributed by atoms with Gasteiger partial charge in [0.25, 0.3) is 0 Å². The zero-order chi connectivity index (χ0) is 14.8. The third kappa shape index (κ3) is 2.48. The average Bonchev–Trinajstić information content (AvgIpc) is 2.54. The maximum atomic E-state index is 9.67. The molecule has 0 aliphatic carbocycles. The monoisotopic (exact) mass is 288 g/mol. The van der Waals surface area contributed by atoms with Crippen molar-refractivity contribution in [1.82, 2.24) is 0 Å². The van der Waals surface area contributed by atoms with Crippen LogP contribution < -0.4 is 14.2 Å². The van der Waals surface area contributed by atoms with Gasteiger partial charge >= 0.3 is 0 Å². The van der Waals surface area contributed by atoms with Crippen molar-refractivity contribution in [2.45, 2.75) is 12.2 Å². The largest absolute Gasteiger partial charge is 0.504 e. The first-order valence-corrected chi connectivity index (χ1v) is 6.63. The molecule has 21 heavy (non-hydrogen) atoms. The van der Waals surface area contributed by atoms with Crippen molar-refractivity contribution in [1.29, 1.82) is 0 Å². The molecule has 0 spiro atoms. The van der Waals surface area contributed by atoms with E-state index in [9.17, 15) is 10.2 Å². The number of rotatable bonds is 3. The van der Waals surface area contributed by atoms with Crippen molar-refractivity contribution < 1.29 is 24.4 Å². The molecular weight excluding hydrogens is 272 g/mol. The van der Waals surface area contributed by atoms with Crippen molar-refractivity contribution in [2.24, 2.45) is 0 Å². The van der Waals surface area contributed by atoms with Gasteiger partial charge in [0.1, 0.15) is 0 Å². The van der Waals surface area contributed by atoms with E-state index >= 15 is 0 Å². The second kappa shape index (κ2) is 5.54. The van der Waals surface area contributed by atoms with Gasteiger partial charge in [0, 0.05) is 5.56 Å². The molecule has 1 heterocycles. The summed E-state index contributed by atoms with van der Waals surface area (Å²) in [6.45, 7) is -0.178. The van der Waals surface area contributed by atoms with Gasteiger partial charge in [0.2, 0.25) is 0 Å². The number of benzene rings is 2. The Morgan fingerprint density at radius 3 is 2.48 bits per heavy atom. The summed E-state index contributed by atoms with van der Waals surface area (Å²) in [5, 5.41) is 19.2. The molecule has 1 unspecified atom stereocenters. The zero-order valence-corrected chi connectivity index (χ0v) is 11.5. The Morgan fingerprint density at radius 1 is 1.10 bits per heavy atom. The van der Waals surface area contributed by atoms with Crippen LogP contribution >= 0.6 is 0 Å². The number of methoxy groups -OCH3 is 1. The Labute approximate surface area is 122 Å². The van der Waals surface area contributed by atoms with Crippen LogP contribution in [0.5, 0.6) is 23.0 Å².